The molecule has 3 amide bonds. The Labute approximate surface area is 206 Å². The first-order valence-corrected chi connectivity index (χ1v) is 13.1. The Balaban J connectivity index is 1.42. The number of imide groups is 1. The molecule has 0 radical (unpaired) electrons. The van der Waals surface area contributed by atoms with Crippen molar-refractivity contribution >= 4 is 39.3 Å². The molecule has 3 aromatic carbocycles. The van der Waals surface area contributed by atoms with Crippen LogP contribution in [0.1, 0.15) is 85.9 Å². The van der Waals surface area contributed by atoms with Gasteiger partial charge >= 0.3 is 0 Å². The lowest BCUT2D eigenvalue weighted by atomic mass is 9.82. The predicted molar refractivity (Wildman–Crippen MR) is 139 cm³/mol. The van der Waals surface area contributed by atoms with Crippen LogP contribution in [0.3, 0.4) is 0 Å². The van der Waals surface area contributed by atoms with E-state index in [0.29, 0.717) is 24.0 Å². The van der Waals surface area contributed by atoms with E-state index in [0.717, 1.165) is 60.1 Å². The van der Waals surface area contributed by atoms with Gasteiger partial charge in [0.2, 0.25) is 5.91 Å². The summed E-state index contributed by atoms with van der Waals surface area (Å²) in [5, 5.41) is 7.27. The van der Waals surface area contributed by atoms with Crippen LogP contribution in [-0.4, -0.2) is 34.7 Å². The number of unbranched alkanes of at least 4 members (excludes halogenated alkanes) is 2. The van der Waals surface area contributed by atoms with Crippen molar-refractivity contribution in [2.75, 3.05) is 0 Å². The Morgan fingerprint density at radius 3 is 2.11 bits per heavy atom. The smallest absolute Gasteiger partial charge is 0.261 e. The Bertz CT molecular complexity index is 1220. The molecule has 0 saturated heterocycles. The molecular weight excluding hydrogens is 436 g/mol. The van der Waals surface area contributed by atoms with Crippen molar-refractivity contribution in [1.29, 1.82) is 0 Å². The summed E-state index contributed by atoms with van der Waals surface area (Å²) in [5.41, 5.74) is 0.908. The second kappa shape index (κ2) is 9.80. The molecule has 1 fully saturated rings. The number of nitrogens with one attached hydrogen (secondary N) is 1. The molecule has 1 N–H and O–H groups in total. The molecule has 1 heterocycles. The number of nitrogens with zero attached hydrogens (tertiary/aromatic N) is 1. The number of amides is 3. The Hall–Kier alpha value is -3.21. The number of carbonyl (C=O) groups is 3. The topological polar surface area (TPSA) is 66.5 Å². The van der Waals surface area contributed by atoms with E-state index in [-0.39, 0.29) is 35.7 Å². The van der Waals surface area contributed by atoms with E-state index in [4.69, 9.17) is 0 Å². The van der Waals surface area contributed by atoms with Crippen molar-refractivity contribution < 1.29 is 14.4 Å². The lowest BCUT2D eigenvalue weighted by Gasteiger charge is -2.36. The van der Waals surface area contributed by atoms with Crippen LogP contribution in [0.2, 0.25) is 0 Å². The van der Waals surface area contributed by atoms with Gasteiger partial charge in [-0.3, -0.25) is 19.3 Å². The van der Waals surface area contributed by atoms with Crippen molar-refractivity contribution in [2.24, 2.45) is 5.92 Å². The summed E-state index contributed by atoms with van der Waals surface area (Å²) in [5.74, 6) is -0.898. The summed E-state index contributed by atoms with van der Waals surface area (Å²) in [6, 6.07) is 15.7. The van der Waals surface area contributed by atoms with E-state index in [1.807, 2.05) is 31.2 Å². The second-order valence-electron chi connectivity index (χ2n) is 10.3. The van der Waals surface area contributed by atoms with Gasteiger partial charge in [0.15, 0.2) is 0 Å². The molecule has 0 unspecified atom stereocenters. The molecule has 5 rings (SSSR count). The molecule has 35 heavy (non-hydrogen) atoms. The number of hydrogen-bond acceptors (Lipinski definition) is 3. The van der Waals surface area contributed by atoms with E-state index in [9.17, 15) is 14.4 Å². The quantitative estimate of drug-likeness (QED) is 0.253. The fourth-order valence-corrected chi connectivity index (χ4v) is 5.85. The van der Waals surface area contributed by atoms with Crippen LogP contribution in [0.15, 0.2) is 48.5 Å². The molecule has 1 aliphatic carbocycles. The maximum absolute atomic E-state index is 13.6. The highest BCUT2D eigenvalue weighted by Gasteiger charge is 2.45. The number of carbonyl (C=O) groups excluding carboxylic acids is 3. The van der Waals surface area contributed by atoms with Gasteiger partial charge in [-0.25, -0.2) is 0 Å². The van der Waals surface area contributed by atoms with Crippen LogP contribution in [0, 0.1) is 5.92 Å². The van der Waals surface area contributed by atoms with Crippen LogP contribution in [0.25, 0.3) is 21.5 Å². The molecule has 182 valence electrons. The van der Waals surface area contributed by atoms with Crippen LogP contribution < -0.4 is 5.32 Å². The zero-order valence-electron chi connectivity index (χ0n) is 20.7. The Morgan fingerprint density at radius 1 is 0.914 bits per heavy atom. The van der Waals surface area contributed by atoms with Gasteiger partial charge in [-0.05, 0) is 72.0 Å². The zero-order valence-corrected chi connectivity index (χ0v) is 20.7. The van der Waals surface area contributed by atoms with Crippen molar-refractivity contribution in [2.45, 2.75) is 77.3 Å². The molecule has 1 aliphatic heterocycles. The van der Waals surface area contributed by atoms with Gasteiger partial charge in [0, 0.05) is 6.04 Å². The first-order chi connectivity index (χ1) is 17.0. The van der Waals surface area contributed by atoms with Crippen molar-refractivity contribution in [3.8, 4) is 0 Å². The summed E-state index contributed by atoms with van der Waals surface area (Å²) in [4.78, 5) is 41.8. The molecule has 5 nitrogen and oxygen atoms in total. The molecule has 0 aromatic heterocycles. The summed E-state index contributed by atoms with van der Waals surface area (Å²) in [7, 11) is 0. The third kappa shape index (κ3) is 4.44. The molecular formula is C30H34N2O3. The van der Waals surface area contributed by atoms with Crippen LogP contribution in [-0.2, 0) is 4.79 Å². The van der Waals surface area contributed by atoms with E-state index in [2.05, 4.69) is 36.5 Å². The zero-order chi connectivity index (χ0) is 24.5. The minimum atomic E-state index is -0.388. The molecule has 3 aromatic rings. The number of rotatable bonds is 7. The van der Waals surface area contributed by atoms with Gasteiger partial charge in [-0.15, -0.1) is 0 Å². The summed E-state index contributed by atoms with van der Waals surface area (Å²) in [6.07, 6.45) is 7.59. The Kier molecular flexibility index (Phi) is 6.59. The first kappa shape index (κ1) is 23.5. The molecule has 0 bridgehead atoms. The molecule has 5 heteroatoms. The molecule has 1 saturated carbocycles. The van der Waals surface area contributed by atoms with Gasteiger partial charge in [0.1, 0.15) is 0 Å². The third-order valence-corrected chi connectivity index (χ3v) is 7.77. The summed E-state index contributed by atoms with van der Waals surface area (Å²) < 4.78 is 0. The van der Waals surface area contributed by atoms with Gasteiger partial charge in [-0.2, -0.15) is 0 Å². The average molecular weight is 471 g/mol. The third-order valence-electron chi connectivity index (χ3n) is 7.77. The highest BCUT2D eigenvalue weighted by Crippen LogP contribution is 2.36. The SMILES string of the molecule is CCCCC[C@H](C)NC(=O)[C@@H]1CCCC[C@H]1N1C(=O)c2cc3cc4ccccc4cc3cc2C1=O. The highest BCUT2D eigenvalue weighted by molar-refractivity contribution is 6.23. The number of hydrogen-bond donors (Lipinski definition) is 1. The van der Waals surface area contributed by atoms with Gasteiger partial charge in [0.05, 0.1) is 23.1 Å². The molecule has 2 aliphatic rings. The number of fused-ring (bicyclic) bond motifs is 3. The van der Waals surface area contributed by atoms with Crippen LogP contribution in [0.4, 0.5) is 0 Å². The van der Waals surface area contributed by atoms with E-state index in [1.54, 1.807) is 0 Å². The van der Waals surface area contributed by atoms with Gasteiger partial charge in [-0.1, -0.05) is 63.3 Å². The lowest BCUT2D eigenvalue weighted by molar-refractivity contribution is -0.128. The van der Waals surface area contributed by atoms with Gasteiger partial charge < -0.3 is 5.32 Å². The largest absolute Gasteiger partial charge is 0.353 e. The van der Waals surface area contributed by atoms with Gasteiger partial charge in [0.25, 0.3) is 11.8 Å². The van der Waals surface area contributed by atoms with E-state index < -0.39 is 0 Å². The number of benzene rings is 3. The van der Waals surface area contributed by atoms with Crippen LogP contribution >= 0.6 is 0 Å². The van der Waals surface area contributed by atoms with Crippen molar-refractivity contribution in [3.63, 3.8) is 0 Å². The van der Waals surface area contributed by atoms with E-state index in [1.165, 1.54) is 4.90 Å². The monoisotopic (exact) mass is 470 g/mol. The fraction of sp³-hybridized carbons (Fsp3) is 0.433. The maximum Gasteiger partial charge on any atom is 0.261 e. The minimum Gasteiger partial charge on any atom is -0.353 e. The highest BCUT2D eigenvalue weighted by atomic mass is 16.2. The summed E-state index contributed by atoms with van der Waals surface area (Å²) >= 11 is 0. The van der Waals surface area contributed by atoms with Crippen LogP contribution in [0.5, 0.6) is 0 Å². The first-order valence-electron chi connectivity index (χ1n) is 13.1. The normalized spacial score (nSPS) is 20.9. The second-order valence-corrected chi connectivity index (χ2v) is 10.3. The van der Waals surface area contributed by atoms with Crippen molar-refractivity contribution in [3.05, 3.63) is 59.7 Å². The van der Waals surface area contributed by atoms with Crippen molar-refractivity contribution in [1.82, 2.24) is 10.2 Å². The summed E-state index contributed by atoms with van der Waals surface area (Å²) in [6.45, 7) is 4.21. The Morgan fingerprint density at radius 2 is 1.51 bits per heavy atom. The standard InChI is InChI=1S/C30H34N2O3/c1-3-4-5-10-19(2)31-28(33)24-13-8-9-14-27(24)32-29(34)25-17-22-15-20-11-6-7-12-21(20)16-23(22)18-26(25)30(32)35/h6-7,11-12,15-19,24,27H,3-5,8-10,13-14H2,1-2H3,(H,31,33)/t19-,24+,27+/m0/s1. The van der Waals surface area contributed by atoms with E-state index >= 15 is 0 Å². The molecule has 0 spiro atoms. The molecule has 3 atom stereocenters. The average Bonchev–Trinajstić information content (AvgIpc) is 3.10. The predicted octanol–water partition coefficient (Wildman–Crippen LogP) is 6.23. The fourth-order valence-electron chi connectivity index (χ4n) is 5.85. The minimum absolute atomic E-state index is 0.0216. The maximum atomic E-state index is 13.6. The lowest BCUT2D eigenvalue weighted by Crippen LogP contribution is -2.51.